The van der Waals surface area contributed by atoms with E-state index in [-0.39, 0.29) is 6.42 Å². The molecule has 0 bridgehead atoms. The lowest BCUT2D eigenvalue weighted by atomic mass is 10.9. The lowest BCUT2D eigenvalue weighted by Crippen LogP contribution is -1.78. The van der Waals surface area contributed by atoms with Crippen molar-refractivity contribution < 1.29 is 14.0 Å². The minimum Gasteiger partial charge on any atom is -0.243 e. The van der Waals surface area contributed by atoms with Crippen molar-refractivity contribution in [2.45, 2.75) is 0 Å². The molecule has 1 aliphatic heterocycles. The molecule has 0 aromatic rings. The van der Waals surface area contributed by atoms with Crippen molar-refractivity contribution in [1.82, 2.24) is 0 Å². The van der Waals surface area contributed by atoms with E-state index >= 15 is 0 Å². The highest BCUT2D eigenvalue weighted by molar-refractivity contribution is 7.52. The maximum absolute atomic E-state index is 11.5. The van der Waals surface area contributed by atoms with Crippen LogP contribution in [0.15, 0.2) is 0 Å². The van der Waals surface area contributed by atoms with Gasteiger partial charge in [0.05, 0.1) is 6.61 Å². The number of hydrogen-bond donors (Lipinski definition) is 0. The molecule has 4 heteroatoms. The summed E-state index contributed by atoms with van der Waals surface area (Å²) in [6.07, 6.45) is 0.390. The molecule has 0 aromatic carbocycles. The summed E-state index contributed by atoms with van der Waals surface area (Å²) < 4.78 is 16.0. The molecule has 0 aromatic heterocycles. The first kappa shape index (κ1) is 5.42. The third-order valence-corrected chi connectivity index (χ3v) is 1.98. The molecular formula is C3H6FO2P. The van der Waals surface area contributed by atoms with Crippen LogP contribution in [0, 0.1) is 0 Å². The first-order valence-electron chi connectivity index (χ1n) is 2.04. The molecule has 1 fully saturated rings. The van der Waals surface area contributed by atoms with E-state index in [4.69, 9.17) is 0 Å². The Balaban J connectivity index is 2.14. The lowest BCUT2D eigenvalue weighted by Gasteiger charge is -1.94. The van der Waals surface area contributed by atoms with Gasteiger partial charge in [-0.1, -0.05) is 0 Å². The van der Waals surface area contributed by atoms with Crippen molar-refractivity contribution in [1.29, 1.82) is 0 Å². The van der Waals surface area contributed by atoms with Crippen LogP contribution in [0.1, 0.15) is 0 Å². The highest BCUT2D eigenvalue weighted by Gasteiger charge is 2.15. The Kier molecular flexibility index (Phi) is 1.98. The van der Waals surface area contributed by atoms with Crippen LogP contribution in [0.3, 0.4) is 0 Å². The summed E-state index contributed by atoms with van der Waals surface area (Å²) >= 11 is 0. The van der Waals surface area contributed by atoms with Gasteiger partial charge < -0.3 is 0 Å². The molecule has 0 radical (unpaired) electrons. The van der Waals surface area contributed by atoms with Crippen molar-refractivity contribution in [3.8, 4) is 0 Å². The molecule has 0 amide bonds. The van der Waals surface area contributed by atoms with Crippen LogP contribution in [0.2, 0.25) is 0 Å². The van der Waals surface area contributed by atoms with Gasteiger partial charge in [0, 0.05) is 6.16 Å². The third-order valence-electron chi connectivity index (χ3n) is 0.715. The van der Waals surface area contributed by atoms with Crippen LogP contribution < -0.4 is 0 Å². The highest BCUT2D eigenvalue weighted by Crippen LogP contribution is 2.40. The molecular weight excluding hydrogens is 118 g/mol. The standard InChI is InChI=1S/C3H6FO2P/c4-3-7-2-1-5-6-7/h1-3H2. The maximum atomic E-state index is 11.5. The summed E-state index contributed by atoms with van der Waals surface area (Å²) in [5.74, 6) is 0. The van der Waals surface area contributed by atoms with Gasteiger partial charge in [-0.15, -0.1) is 0 Å². The first-order chi connectivity index (χ1) is 3.43. The Hall–Kier alpha value is 0.280. The summed E-state index contributed by atoms with van der Waals surface area (Å²) in [5, 5.41) is 0. The van der Waals surface area contributed by atoms with Gasteiger partial charge in [0.25, 0.3) is 0 Å². The fourth-order valence-electron chi connectivity index (χ4n) is 0.368. The van der Waals surface area contributed by atoms with E-state index in [0.717, 1.165) is 6.16 Å². The Morgan fingerprint density at radius 2 is 2.57 bits per heavy atom. The third kappa shape index (κ3) is 1.34. The SMILES string of the molecule is FCP1CCOO1. The molecule has 1 unspecified atom stereocenters. The second-order valence-corrected chi connectivity index (χ2v) is 3.02. The first-order valence-corrected chi connectivity index (χ1v) is 3.67. The Morgan fingerprint density at radius 3 is 2.86 bits per heavy atom. The van der Waals surface area contributed by atoms with E-state index in [2.05, 4.69) is 9.56 Å². The summed E-state index contributed by atoms with van der Waals surface area (Å²) in [6, 6.07) is 0. The predicted octanol–water partition coefficient (Wildman–Crippen LogP) is 1.27. The van der Waals surface area contributed by atoms with Gasteiger partial charge >= 0.3 is 0 Å². The number of halogens is 1. The summed E-state index contributed by atoms with van der Waals surface area (Å²) in [5.41, 5.74) is 0. The van der Waals surface area contributed by atoms with Crippen LogP contribution in [0.4, 0.5) is 4.39 Å². The second kappa shape index (κ2) is 2.55. The zero-order valence-electron chi connectivity index (χ0n) is 3.76. The van der Waals surface area contributed by atoms with E-state index in [1.165, 1.54) is 0 Å². The van der Waals surface area contributed by atoms with Crippen molar-refractivity contribution in [2.75, 3.05) is 19.2 Å². The minimum absolute atomic E-state index is 0.366. The largest absolute Gasteiger partial charge is 0.243 e. The van der Waals surface area contributed by atoms with E-state index in [9.17, 15) is 4.39 Å². The monoisotopic (exact) mass is 124 g/mol. The van der Waals surface area contributed by atoms with Crippen LogP contribution in [0.25, 0.3) is 0 Å². The maximum Gasteiger partial charge on any atom is 0.136 e. The quantitative estimate of drug-likeness (QED) is 0.387. The fraction of sp³-hybridized carbons (Fsp3) is 1.00. The topological polar surface area (TPSA) is 18.5 Å². The van der Waals surface area contributed by atoms with Crippen LogP contribution in [-0.4, -0.2) is 19.2 Å². The predicted molar refractivity (Wildman–Crippen MR) is 24.8 cm³/mol. The van der Waals surface area contributed by atoms with Crippen LogP contribution in [0.5, 0.6) is 0 Å². The fourth-order valence-corrected chi connectivity index (χ4v) is 1.10. The summed E-state index contributed by atoms with van der Waals surface area (Å²) in [7, 11) is -0.832. The van der Waals surface area contributed by atoms with Gasteiger partial charge in [0.1, 0.15) is 14.6 Å². The molecule has 0 spiro atoms. The van der Waals surface area contributed by atoms with Crippen LogP contribution >= 0.6 is 8.15 Å². The number of hydrogen-bond acceptors (Lipinski definition) is 2. The van der Waals surface area contributed by atoms with Crippen molar-refractivity contribution >= 4 is 8.15 Å². The summed E-state index contributed by atoms with van der Waals surface area (Å²) in [4.78, 5) is 4.44. The highest BCUT2D eigenvalue weighted by atomic mass is 31.1. The molecule has 1 saturated heterocycles. The van der Waals surface area contributed by atoms with Crippen molar-refractivity contribution in [3.05, 3.63) is 0 Å². The average Bonchev–Trinajstić information content (AvgIpc) is 2.14. The zero-order valence-corrected chi connectivity index (χ0v) is 4.66. The second-order valence-electron chi connectivity index (χ2n) is 1.22. The van der Waals surface area contributed by atoms with Crippen LogP contribution in [-0.2, 0) is 9.56 Å². The molecule has 7 heavy (non-hydrogen) atoms. The van der Waals surface area contributed by atoms with Crippen molar-refractivity contribution in [3.63, 3.8) is 0 Å². The molecule has 0 N–H and O–H groups in total. The number of rotatable bonds is 1. The van der Waals surface area contributed by atoms with Gasteiger partial charge in [-0.3, -0.25) is 0 Å². The van der Waals surface area contributed by atoms with E-state index in [0.29, 0.717) is 6.61 Å². The summed E-state index contributed by atoms with van der Waals surface area (Å²) in [6.45, 7) is 0.565. The molecule has 1 aliphatic rings. The molecule has 1 atom stereocenters. The molecule has 0 aliphatic carbocycles. The smallest absolute Gasteiger partial charge is 0.136 e. The normalized spacial score (nSPS) is 31.3. The molecule has 42 valence electrons. The minimum atomic E-state index is -0.832. The molecule has 1 rings (SSSR count). The van der Waals surface area contributed by atoms with Gasteiger partial charge in [-0.05, 0) is 0 Å². The molecule has 1 heterocycles. The Morgan fingerprint density at radius 1 is 1.71 bits per heavy atom. The Labute approximate surface area is 42.4 Å². The Bertz CT molecular complexity index is 54.9. The van der Waals surface area contributed by atoms with E-state index < -0.39 is 8.15 Å². The van der Waals surface area contributed by atoms with E-state index in [1.54, 1.807) is 0 Å². The van der Waals surface area contributed by atoms with E-state index in [1.807, 2.05) is 0 Å². The van der Waals surface area contributed by atoms with Gasteiger partial charge in [0.2, 0.25) is 0 Å². The molecule has 2 nitrogen and oxygen atoms in total. The average molecular weight is 124 g/mol. The molecule has 0 saturated carbocycles. The number of alkyl halides is 1. The van der Waals surface area contributed by atoms with Gasteiger partial charge in [0.15, 0.2) is 0 Å². The zero-order chi connectivity index (χ0) is 5.11. The lowest BCUT2D eigenvalue weighted by molar-refractivity contribution is -0.175. The van der Waals surface area contributed by atoms with Gasteiger partial charge in [-0.2, -0.15) is 0 Å². The van der Waals surface area contributed by atoms with Gasteiger partial charge in [-0.25, -0.2) is 14.0 Å². The van der Waals surface area contributed by atoms with Crippen molar-refractivity contribution in [2.24, 2.45) is 0 Å².